The summed E-state index contributed by atoms with van der Waals surface area (Å²) in [6.45, 7) is 1.85. The van der Waals surface area contributed by atoms with E-state index in [1.807, 2.05) is 25.1 Å². The molecule has 2 aliphatic carbocycles. The number of alkyl halides is 2. The van der Waals surface area contributed by atoms with Crippen LogP contribution in [0.4, 0.5) is 13.2 Å². The highest BCUT2D eigenvalue weighted by Gasteiger charge is 2.35. The molecule has 0 unspecified atom stereocenters. The number of aliphatic carboxylic acids is 1. The fraction of sp³-hybridized carbons (Fsp3) is 0.320. The van der Waals surface area contributed by atoms with Crippen molar-refractivity contribution in [2.24, 2.45) is 0 Å². The van der Waals surface area contributed by atoms with Gasteiger partial charge < -0.3 is 9.84 Å². The first-order chi connectivity index (χ1) is 14.7. The van der Waals surface area contributed by atoms with Crippen molar-refractivity contribution in [3.8, 4) is 5.75 Å². The van der Waals surface area contributed by atoms with Gasteiger partial charge in [0.1, 0.15) is 11.6 Å². The summed E-state index contributed by atoms with van der Waals surface area (Å²) in [5.41, 5.74) is 4.57. The van der Waals surface area contributed by atoms with Crippen LogP contribution >= 0.6 is 0 Å². The van der Waals surface area contributed by atoms with Gasteiger partial charge in [-0.1, -0.05) is 18.2 Å². The van der Waals surface area contributed by atoms with Crippen molar-refractivity contribution in [2.75, 3.05) is 0 Å². The van der Waals surface area contributed by atoms with Gasteiger partial charge in [0.05, 0.1) is 12.5 Å². The van der Waals surface area contributed by atoms with Gasteiger partial charge in [-0.25, -0.2) is 13.2 Å². The minimum Gasteiger partial charge on any atom is -0.490 e. The molecule has 0 saturated heterocycles. The average Bonchev–Trinajstić information content (AvgIpc) is 2.96. The van der Waals surface area contributed by atoms with E-state index in [-0.39, 0.29) is 25.4 Å². The van der Waals surface area contributed by atoms with Crippen LogP contribution in [0.5, 0.6) is 5.75 Å². The Morgan fingerprint density at radius 2 is 1.81 bits per heavy atom. The summed E-state index contributed by atoms with van der Waals surface area (Å²) < 4.78 is 46.2. The molecule has 1 saturated carbocycles. The third kappa shape index (κ3) is 4.68. The quantitative estimate of drug-likeness (QED) is 0.585. The van der Waals surface area contributed by atoms with Crippen molar-refractivity contribution in [1.82, 2.24) is 0 Å². The number of carbonyl (C=O) groups is 1. The van der Waals surface area contributed by atoms with Gasteiger partial charge in [0, 0.05) is 12.8 Å². The van der Waals surface area contributed by atoms with Gasteiger partial charge in [0.25, 0.3) is 0 Å². The molecule has 0 heterocycles. The second-order valence-corrected chi connectivity index (χ2v) is 8.16. The standard InChI is InChI=1S/C25H23F3O3/c1-15-21(20-7-4-17(26)13-23(20)22(15)14-24(29)30)12-16-2-5-18(6-3-16)31-19-8-10-25(27,28)11-9-19/h2-7,12-13,19H,8-11,14H2,1H3,(H,29,30)/b21-12-. The molecule has 1 N–H and O–H groups in total. The molecule has 31 heavy (non-hydrogen) atoms. The minimum atomic E-state index is -2.58. The van der Waals surface area contributed by atoms with Crippen molar-refractivity contribution in [1.29, 1.82) is 0 Å². The second-order valence-electron chi connectivity index (χ2n) is 8.16. The van der Waals surface area contributed by atoms with Crippen LogP contribution in [0.25, 0.3) is 17.2 Å². The summed E-state index contributed by atoms with van der Waals surface area (Å²) in [5.74, 6) is -3.32. The lowest BCUT2D eigenvalue weighted by Crippen LogP contribution is -2.30. The summed E-state index contributed by atoms with van der Waals surface area (Å²) in [6.07, 6.45) is 1.94. The minimum absolute atomic E-state index is 0.147. The molecule has 1 fully saturated rings. The number of ether oxygens (including phenoxy) is 1. The van der Waals surface area contributed by atoms with Gasteiger partial charge in [0.2, 0.25) is 5.92 Å². The number of halogens is 3. The first-order valence-electron chi connectivity index (χ1n) is 10.3. The van der Waals surface area contributed by atoms with E-state index in [2.05, 4.69) is 0 Å². The largest absolute Gasteiger partial charge is 0.490 e. The molecule has 0 aliphatic heterocycles. The first kappa shape index (κ1) is 21.2. The normalized spacial score (nSPS) is 19.5. The van der Waals surface area contributed by atoms with Crippen LogP contribution in [0.1, 0.15) is 55.7 Å². The number of allylic oxidation sites excluding steroid dienone is 2. The Hall–Kier alpha value is -3.02. The van der Waals surface area contributed by atoms with Gasteiger partial charge in [-0.15, -0.1) is 0 Å². The highest BCUT2D eigenvalue weighted by molar-refractivity contribution is 6.07. The Morgan fingerprint density at radius 1 is 1.13 bits per heavy atom. The van der Waals surface area contributed by atoms with Gasteiger partial charge in [-0.05, 0) is 83.5 Å². The van der Waals surface area contributed by atoms with E-state index in [9.17, 15) is 23.1 Å². The van der Waals surface area contributed by atoms with Crippen LogP contribution in [0.15, 0.2) is 48.0 Å². The number of benzene rings is 2. The van der Waals surface area contributed by atoms with Gasteiger partial charge in [0.15, 0.2) is 0 Å². The van der Waals surface area contributed by atoms with Crippen LogP contribution in [0, 0.1) is 5.82 Å². The molecule has 162 valence electrons. The Labute approximate surface area is 178 Å². The monoisotopic (exact) mass is 428 g/mol. The van der Waals surface area contributed by atoms with Crippen molar-refractivity contribution in [3.63, 3.8) is 0 Å². The summed E-state index contributed by atoms with van der Waals surface area (Å²) in [6, 6.07) is 11.8. The lowest BCUT2D eigenvalue weighted by molar-refractivity contribution is -0.135. The number of fused-ring (bicyclic) bond motifs is 1. The smallest absolute Gasteiger partial charge is 0.307 e. The first-order valence-corrected chi connectivity index (χ1v) is 10.3. The lowest BCUT2D eigenvalue weighted by atomic mass is 9.94. The van der Waals surface area contributed by atoms with Gasteiger partial charge in [-0.2, -0.15) is 0 Å². The van der Waals surface area contributed by atoms with Gasteiger partial charge >= 0.3 is 5.97 Å². The Bertz CT molecular complexity index is 1060. The molecule has 2 aromatic rings. The Balaban J connectivity index is 1.56. The van der Waals surface area contributed by atoms with Crippen molar-refractivity contribution < 1.29 is 27.8 Å². The fourth-order valence-electron chi connectivity index (χ4n) is 4.27. The molecule has 3 nitrogen and oxygen atoms in total. The van der Waals surface area contributed by atoms with Crippen LogP contribution in [0.2, 0.25) is 0 Å². The topological polar surface area (TPSA) is 46.5 Å². The maximum Gasteiger partial charge on any atom is 0.307 e. The maximum absolute atomic E-state index is 13.8. The van der Waals surface area contributed by atoms with E-state index in [4.69, 9.17) is 4.74 Å². The van der Waals surface area contributed by atoms with E-state index in [0.29, 0.717) is 29.7 Å². The summed E-state index contributed by atoms with van der Waals surface area (Å²) in [4.78, 5) is 11.3. The van der Waals surface area contributed by atoms with Crippen LogP contribution in [-0.2, 0) is 4.79 Å². The van der Waals surface area contributed by atoms with E-state index in [0.717, 1.165) is 22.3 Å². The average molecular weight is 428 g/mol. The molecule has 2 aliphatic rings. The molecule has 0 amide bonds. The second kappa shape index (κ2) is 8.25. The summed E-state index contributed by atoms with van der Waals surface area (Å²) >= 11 is 0. The Kier molecular flexibility index (Phi) is 5.65. The van der Waals surface area contributed by atoms with Crippen molar-refractivity contribution in [2.45, 2.75) is 51.1 Å². The predicted octanol–water partition coefficient (Wildman–Crippen LogP) is 6.58. The number of carboxylic acid groups (broad SMARTS) is 1. The SMILES string of the molecule is CC1=C(CC(=O)O)c2cc(F)ccc2/C1=C\c1ccc(OC2CCC(F)(F)CC2)cc1. The maximum atomic E-state index is 13.8. The number of carboxylic acids is 1. The van der Waals surface area contributed by atoms with Crippen LogP contribution < -0.4 is 4.74 Å². The third-order valence-electron chi connectivity index (χ3n) is 5.94. The highest BCUT2D eigenvalue weighted by atomic mass is 19.3. The fourth-order valence-corrected chi connectivity index (χ4v) is 4.27. The molecule has 0 spiro atoms. The molecular weight excluding hydrogens is 405 g/mol. The van der Waals surface area contributed by atoms with Crippen LogP contribution in [0.3, 0.4) is 0 Å². The van der Waals surface area contributed by atoms with Crippen molar-refractivity contribution in [3.05, 3.63) is 70.5 Å². The number of hydrogen-bond donors (Lipinski definition) is 1. The lowest BCUT2D eigenvalue weighted by Gasteiger charge is -2.28. The van der Waals surface area contributed by atoms with Crippen molar-refractivity contribution >= 4 is 23.2 Å². The number of hydrogen-bond acceptors (Lipinski definition) is 2. The van der Waals surface area contributed by atoms with Crippen LogP contribution in [-0.4, -0.2) is 23.1 Å². The highest BCUT2D eigenvalue weighted by Crippen LogP contribution is 2.44. The van der Waals surface area contributed by atoms with E-state index in [1.165, 1.54) is 12.1 Å². The molecule has 0 atom stereocenters. The molecule has 4 rings (SSSR count). The zero-order valence-electron chi connectivity index (χ0n) is 17.1. The molecule has 0 bridgehead atoms. The predicted molar refractivity (Wildman–Crippen MR) is 113 cm³/mol. The summed E-state index contributed by atoms with van der Waals surface area (Å²) in [7, 11) is 0. The molecule has 6 heteroatoms. The zero-order valence-corrected chi connectivity index (χ0v) is 17.1. The molecule has 2 aromatic carbocycles. The van der Waals surface area contributed by atoms with E-state index in [1.54, 1.807) is 18.2 Å². The Morgan fingerprint density at radius 3 is 2.45 bits per heavy atom. The third-order valence-corrected chi connectivity index (χ3v) is 5.94. The number of rotatable bonds is 5. The van der Waals surface area contributed by atoms with Gasteiger partial charge in [-0.3, -0.25) is 4.79 Å². The zero-order chi connectivity index (χ0) is 22.2. The molecule has 0 aromatic heterocycles. The molecule has 0 radical (unpaired) electrons. The van der Waals surface area contributed by atoms with E-state index >= 15 is 0 Å². The van der Waals surface area contributed by atoms with E-state index < -0.39 is 17.7 Å². The molecular formula is C25H23F3O3. The summed E-state index contributed by atoms with van der Waals surface area (Å²) in [5, 5.41) is 9.25.